The minimum Gasteiger partial charge on any atom is -0.494 e. The first-order valence-electron chi connectivity index (χ1n) is 3.06. The summed E-state index contributed by atoms with van der Waals surface area (Å²) in [5.41, 5.74) is -0.608. The zero-order valence-corrected chi connectivity index (χ0v) is 6.97. The number of ether oxygens (including phenoxy) is 1. The summed E-state index contributed by atoms with van der Waals surface area (Å²) in [7, 11) is 1.35. The predicted octanol–water partition coefficient (Wildman–Crippen LogP) is 0.909. The van der Waals surface area contributed by atoms with E-state index >= 15 is 0 Å². The van der Waals surface area contributed by atoms with Gasteiger partial charge in [-0.2, -0.15) is 5.26 Å². The van der Waals surface area contributed by atoms with E-state index in [0.717, 1.165) is 0 Å². The van der Waals surface area contributed by atoms with Gasteiger partial charge in [-0.15, -0.1) is 0 Å². The van der Waals surface area contributed by atoms with Gasteiger partial charge in [0.15, 0.2) is 11.3 Å². The van der Waals surface area contributed by atoms with E-state index in [1.165, 1.54) is 13.3 Å². The number of hydrogen-bond donors (Lipinski definition) is 1. The number of nitrogens with zero attached hydrogens (tertiary/aromatic N) is 1. The third kappa shape index (κ3) is 1.27. The summed E-state index contributed by atoms with van der Waals surface area (Å²) in [5.74, 6) is 0.114. The van der Waals surface area contributed by atoms with E-state index in [1.54, 1.807) is 6.07 Å². The molecule has 0 spiro atoms. The van der Waals surface area contributed by atoms with Crippen molar-refractivity contribution in [3.8, 4) is 11.8 Å². The minimum atomic E-state index is -0.501. The number of pyridine rings is 1. The number of H-pyrrole nitrogens is 1. The Labute approximate surface area is 73.4 Å². The van der Waals surface area contributed by atoms with Gasteiger partial charge in [0.05, 0.1) is 7.11 Å². The number of rotatable bonds is 1. The van der Waals surface area contributed by atoms with Crippen LogP contribution in [0.3, 0.4) is 0 Å². The molecule has 0 saturated heterocycles. The largest absolute Gasteiger partial charge is 0.494 e. The second-order valence-electron chi connectivity index (χ2n) is 1.99. The third-order valence-electron chi connectivity index (χ3n) is 1.32. The van der Waals surface area contributed by atoms with E-state index in [-0.39, 0.29) is 16.3 Å². The fourth-order valence-electron chi connectivity index (χ4n) is 0.790. The van der Waals surface area contributed by atoms with E-state index in [1.807, 2.05) is 0 Å². The first-order valence-corrected chi connectivity index (χ1v) is 3.43. The molecule has 0 aliphatic heterocycles. The molecule has 0 bridgehead atoms. The second kappa shape index (κ2) is 3.28. The van der Waals surface area contributed by atoms with Crippen molar-refractivity contribution in [2.45, 2.75) is 0 Å². The molecule has 0 unspecified atom stereocenters. The van der Waals surface area contributed by atoms with Gasteiger partial charge in [0, 0.05) is 6.20 Å². The van der Waals surface area contributed by atoms with Gasteiger partial charge in [0.1, 0.15) is 11.1 Å². The van der Waals surface area contributed by atoms with Crippen LogP contribution >= 0.6 is 11.6 Å². The number of nitriles is 1. The lowest BCUT2D eigenvalue weighted by atomic mass is 10.3. The van der Waals surface area contributed by atoms with Crippen LogP contribution in [0.2, 0.25) is 5.02 Å². The van der Waals surface area contributed by atoms with Crippen LogP contribution < -0.4 is 10.3 Å². The summed E-state index contributed by atoms with van der Waals surface area (Å²) < 4.78 is 4.77. The van der Waals surface area contributed by atoms with Gasteiger partial charge in [-0.1, -0.05) is 11.6 Å². The molecule has 0 saturated carbocycles. The second-order valence-corrected chi connectivity index (χ2v) is 2.39. The Kier molecular flexibility index (Phi) is 2.36. The maximum absolute atomic E-state index is 11.0. The van der Waals surface area contributed by atoms with E-state index in [9.17, 15) is 4.79 Å². The molecule has 4 nitrogen and oxygen atoms in total. The highest BCUT2D eigenvalue weighted by molar-refractivity contribution is 6.32. The molecule has 0 aromatic carbocycles. The first-order chi connectivity index (χ1) is 5.70. The standard InChI is InChI=1S/C7H5ClN2O2/c1-12-6-4(2-9)7(11)10-3-5(6)8/h3H,1H3,(H,10,11). The molecule has 0 radical (unpaired) electrons. The van der Waals surface area contributed by atoms with Crippen molar-refractivity contribution in [1.29, 1.82) is 5.26 Å². The highest BCUT2D eigenvalue weighted by Gasteiger charge is 2.10. The van der Waals surface area contributed by atoms with Crippen LogP contribution in [0.25, 0.3) is 0 Å². The molecular weight excluding hydrogens is 180 g/mol. The van der Waals surface area contributed by atoms with Crippen molar-refractivity contribution in [3.63, 3.8) is 0 Å². The topological polar surface area (TPSA) is 65.9 Å². The highest BCUT2D eigenvalue weighted by Crippen LogP contribution is 2.23. The number of hydrogen-bond acceptors (Lipinski definition) is 3. The van der Waals surface area contributed by atoms with Crippen molar-refractivity contribution < 1.29 is 4.74 Å². The van der Waals surface area contributed by atoms with Gasteiger partial charge in [0.2, 0.25) is 0 Å². The minimum absolute atomic E-state index is 0.106. The number of halogens is 1. The van der Waals surface area contributed by atoms with Crippen molar-refractivity contribution in [3.05, 3.63) is 27.1 Å². The molecule has 1 aromatic heterocycles. The molecule has 1 N–H and O–H groups in total. The number of nitrogens with one attached hydrogen (secondary N) is 1. The summed E-state index contributed by atoms with van der Waals surface area (Å²) in [6.07, 6.45) is 1.28. The van der Waals surface area contributed by atoms with Crippen molar-refractivity contribution in [2.75, 3.05) is 7.11 Å². The Bertz CT molecular complexity index is 391. The predicted molar refractivity (Wildman–Crippen MR) is 43.3 cm³/mol. The molecule has 1 heterocycles. The maximum atomic E-state index is 11.0. The van der Waals surface area contributed by atoms with E-state index in [4.69, 9.17) is 21.6 Å². The van der Waals surface area contributed by atoms with Crippen LogP contribution in [0.1, 0.15) is 5.56 Å². The Morgan fingerprint density at radius 3 is 2.83 bits per heavy atom. The van der Waals surface area contributed by atoms with Crippen molar-refractivity contribution in [1.82, 2.24) is 4.98 Å². The summed E-state index contributed by atoms with van der Waals surface area (Å²) >= 11 is 5.63. The summed E-state index contributed by atoms with van der Waals surface area (Å²) in [6.45, 7) is 0. The molecule has 0 aliphatic rings. The summed E-state index contributed by atoms with van der Waals surface area (Å²) in [6, 6.07) is 1.70. The zero-order valence-electron chi connectivity index (χ0n) is 6.22. The monoisotopic (exact) mass is 184 g/mol. The lowest BCUT2D eigenvalue weighted by Crippen LogP contribution is -2.10. The van der Waals surface area contributed by atoms with Gasteiger partial charge < -0.3 is 9.72 Å². The average Bonchev–Trinajstić information content (AvgIpc) is 2.08. The molecule has 5 heteroatoms. The smallest absolute Gasteiger partial charge is 0.269 e. The fourth-order valence-corrected chi connectivity index (χ4v) is 1.02. The SMILES string of the molecule is COc1c(Cl)c[nH]c(=O)c1C#N. The molecule has 0 atom stereocenters. The van der Waals surface area contributed by atoms with E-state index < -0.39 is 5.56 Å². The van der Waals surface area contributed by atoms with Gasteiger partial charge in [-0.05, 0) is 0 Å². The zero-order chi connectivity index (χ0) is 9.14. The van der Waals surface area contributed by atoms with Crippen LogP contribution in [0.15, 0.2) is 11.0 Å². The molecule has 0 fully saturated rings. The van der Waals surface area contributed by atoms with Gasteiger partial charge in [-0.25, -0.2) is 0 Å². The molecule has 0 aliphatic carbocycles. The normalized spacial score (nSPS) is 9.08. The van der Waals surface area contributed by atoms with Crippen molar-refractivity contribution in [2.24, 2.45) is 0 Å². The molecule has 1 aromatic rings. The van der Waals surface area contributed by atoms with Gasteiger partial charge in [0.25, 0.3) is 5.56 Å². The van der Waals surface area contributed by atoms with Crippen LogP contribution in [-0.2, 0) is 0 Å². The quantitative estimate of drug-likeness (QED) is 0.706. The summed E-state index contributed by atoms with van der Waals surface area (Å²) in [5, 5.41) is 8.76. The molecule has 1 rings (SSSR count). The number of aromatic nitrogens is 1. The van der Waals surface area contributed by atoms with Crippen molar-refractivity contribution >= 4 is 11.6 Å². The lowest BCUT2D eigenvalue weighted by Gasteiger charge is -2.02. The number of methoxy groups -OCH3 is 1. The maximum Gasteiger partial charge on any atom is 0.269 e. The summed E-state index contributed by atoms with van der Waals surface area (Å²) in [4.78, 5) is 13.3. The molecular formula is C7H5ClN2O2. The Balaban J connectivity index is 3.52. The van der Waals surface area contributed by atoms with E-state index in [0.29, 0.717) is 0 Å². The fraction of sp³-hybridized carbons (Fsp3) is 0.143. The van der Waals surface area contributed by atoms with Crippen LogP contribution in [0.4, 0.5) is 0 Å². The Hall–Kier alpha value is -1.47. The first kappa shape index (κ1) is 8.62. The van der Waals surface area contributed by atoms with Crippen LogP contribution in [0.5, 0.6) is 5.75 Å². The molecule has 12 heavy (non-hydrogen) atoms. The highest BCUT2D eigenvalue weighted by atomic mass is 35.5. The number of aromatic amines is 1. The average molecular weight is 185 g/mol. The van der Waals surface area contributed by atoms with E-state index in [2.05, 4.69) is 4.98 Å². The van der Waals surface area contributed by atoms with Crippen LogP contribution in [0, 0.1) is 11.3 Å². The third-order valence-corrected chi connectivity index (χ3v) is 1.60. The van der Waals surface area contributed by atoms with Gasteiger partial charge in [-0.3, -0.25) is 4.79 Å². The molecule has 62 valence electrons. The Morgan fingerprint density at radius 1 is 1.75 bits per heavy atom. The van der Waals surface area contributed by atoms with Gasteiger partial charge >= 0.3 is 0 Å². The van der Waals surface area contributed by atoms with Crippen LogP contribution in [-0.4, -0.2) is 12.1 Å². The Morgan fingerprint density at radius 2 is 2.42 bits per heavy atom. The molecule has 0 amide bonds. The lowest BCUT2D eigenvalue weighted by molar-refractivity contribution is 0.412.